The van der Waals surface area contributed by atoms with Gasteiger partial charge >= 0.3 is 41.7 Å². The van der Waals surface area contributed by atoms with Crippen molar-refractivity contribution in [2.24, 2.45) is 11.8 Å². The molecule has 3 aliphatic heterocycles. The zero-order valence-electron chi connectivity index (χ0n) is 25.8. The van der Waals surface area contributed by atoms with Crippen LogP contribution in [0.1, 0.15) is 64.4 Å². The smallest absolute Gasteiger partial charge is 0.746 e. The number of hydrogen-bond acceptors (Lipinski definition) is 10. The van der Waals surface area contributed by atoms with Crippen LogP contribution in [0.25, 0.3) is 0 Å². The van der Waals surface area contributed by atoms with Gasteiger partial charge < -0.3 is 40.0 Å². The van der Waals surface area contributed by atoms with Crippen LogP contribution in [-0.4, -0.2) is 89.2 Å². The van der Waals surface area contributed by atoms with Gasteiger partial charge in [0, 0.05) is 37.4 Å². The Balaban J connectivity index is 0.00000552. The molecule has 3 aliphatic rings. The molecule has 4 amide bonds. The Bertz CT molecular complexity index is 1290. The van der Waals surface area contributed by atoms with E-state index in [9.17, 15) is 37.3 Å². The molecule has 1 aromatic rings. The molecule has 2 unspecified atom stereocenters. The SMILES string of the molecule is CC(C)C[C@H](NC(=O)OC1C[C@H]2CC[C@@H](C1)N2C(=O)OCc1ccccc1)C(=O)N[C@@H](C[C@@H]1CCNC1=O)C(O)S(=O)(=O)[O-].[Na+]. The van der Waals surface area contributed by atoms with Crippen LogP contribution in [0, 0.1) is 11.8 Å². The fourth-order valence-corrected chi connectivity index (χ4v) is 6.83. The normalized spacial score (nSPS) is 24.6. The molecule has 0 aromatic heterocycles. The molecule has 45 heavy (non-hydrogen) atoms. The van der Waals surface area contributed by atoms with Crippen LogP contribution in [0.3, 0.4) is 0 Å². The minimum atomic E-state index is -5.22. The Morgan fingerprint density at radius 3 is 2.29 bits per heavy atom. The van der Waals surface area contributed by atoms with Gasteiger partial charge in [0.2, 0.25) is 11.8 Å². The summed E-state index contributed by atoms with van der Waals surface area (Å²) in [6.45, 7) is 4.14. The Labute approximate surface area is 285 Å². The first-order valence-electron chi connectivity index (χ1n) is 15.0. The number of aliphatic hydroxyl groups is 1. The molecule has 0 spiro atoms. The number of nitrogens with one attached hydrogen (secondary N) is 3. The zero-order chi connectivity index (χ0) is 32.0. The van der Waals surface area contributed by atoms with Crippen molar-refractivity contribution >= 4 is 34.1 Å². The molecule has 4 N–H and O–H groups in total. The Hall–Kier alpha value is -2.43. The minimum Gasteiger partial charge on any atom is -0.746 e. The van der Waals surface area contributed by atoms with Gasteiger partial charge in [0.05, 0.1) is 6.04 Å². The molecule has 0 radical (unpaired) electrons. The van der Waals surface area contributed by atoms with E-state index in [4.69, 9.17) is 9.47 Å². The Morgan fingerprint density at radius 2 is 1.73 bits per heavy atom. The Morgan fingerprint density at radius 1 is 1.09 bits per heavy atom. The van der Waals surface area contributed by atoms with Crippen molar-refractivity contribution in [1.82, 2.24) is 20.9 Å². The number of piperidine rings is 1. The maximum atomic E-state index is 13.3. The molecule has 0 saturated carbocycles. The van der Waals surface area contributed by atoms with Crippen molar-refractivity contribution in [3.8, 4) is 0 Å². The van der Waals surface area contributed by atoms with Gasteiger partial charge in [0.25, 0.3) is 0 Å². The molecule has 3 saturated heterocycles. The second-order valence-corrected chi connectivity index (χ2v) is 13.6. The van der Waals surface area contributed by atoms with Crippen molar-refractivity contribution in [3.05, 3.63) is 35.9 Å². The summed E-state index contributed by atoms with van der Waals surface area (Å²) < 4.78 is 46.0. The van der Waals surface area contributed by atoms with Gasteiger partial charge in [-0.05, 0) is 43.6 Å². The van der Waals surface area contributed by atoms with E-state index in [-0.39, 0.29) is 72.9 Å². The summed E-state index contributed by atoms with van der Waals surface area (Å²) in [4.78, 5) is 52.8. The van der Waals surface area contributed by atoms with E-state index in [0.717, 1.165) is 18.4 Å². The van der Waals surface area contributed by atoms with Crippen LogP contribution in [0.2, 0.25) is 0 Å². The van der Waals surface area contributed by atoms with Crippen molar-refractivity contribution in [2.75, 3.05) is 6.54 Å². The van der Waals surface area contributed by atoms with E-state index in [0.29, 0.717) is 25.8 Å². The van der Waals surface area contributed by atoms with E-state index in [1.54, 1.807) is 4.90 Å². The van der Waals surface area contributed by atoms with E-state index in [1.165, 1.54) is 0 Å². The van der Waals surface area contributed by atoms with Gasteiger partial charge in [-0.25, -0.2) is 18.0 Å². The predicted molar refractivity (Wildman–Crippen MR) is 155 cm³/mol. The topological polar surface area (TPSA) is 203 Å². The van der Waals surface area contributed by atoms with Crippen molar-refractivity contribution in [3.63, 3.8) is 0 Å². The molecule has 244 valence electrons. The summed E-state index contributed by atoms with van der Waals surface area (Å²) in [7, 11) is -5.22. The van der Waals surface area contributed by atoms with Gasteiger partial charge in [-0.2, -0.15) is 0 Å². The number of carbonyl (C=O) groups excluding carboxylic acids is 4. The van der Waals surface area contributed by atoms with Gasteiger partial charge in [0.15, 0.2) is 5.44 Å². The largest absolute Gasteiger partial charge is 1.00 e. The second kappa shape index (κ2) is 16.4. The third kappa shape index (κ3) is 10.3. The molecular weight excluding hydrogens is 619 g/mol. The fraction of sp³-hybridized carbons (Fsp3) is 0.655. The van der Waals surface area contributed by atoms with Crippen molar-refractivity contribution < 1.29 is 76.3 Å². The first-order valence-corrected chi connectivity index (χ1v) is 16.5. The fourth-order valence-electron chi connectivity index (χ4n) is 6.25. The standard InChI is InChI=1S/C29H42N4O10S.Na/c1-17(2)12-23(26(35)31-24(27(36)44(39,40)41)13-19-10-11-30-25(19)34)32-28(37)43-22-14-20-8-9-21(15-22)33(20)29(38)42-16-18-6-4-3-5-7-18;/h3-7,17,19-24,27,36H,8-16H2,1-2H3,(H,30,34)(H,31,35)(H,32,37)(H,39,40,41);/q;+1/p-1/t19-,20-,21+,22?,23-,24-,27?;/m0./s1. The molecule has 3 heterocycles. The van der Waals surface area contributed by atoms with Crippen LogP contribution in [0.5, 0.6) is 0 Å². The monoisotopic (exact) mass is 660 g/mol. The summed E-state index contributed by atoms with van der Waals surface area (Å²) >= 11 is 0. The summed E-state index contributed by atoms with van der Waals surface area (Å²) in [6, 6.07) is 6.30. The summed E-state index contributed by atoms with van der Waals surface area (Å²) in [5, 5.41) is 17.7. The van der Waals surface area contributed by atoms with E-state index >= 15 is 0 Å². The van der Waals surface area contributed by atoms with Crippen LogP contribution in [-0.2, 0) is 35.8 Å². The van der Waals surface area contributed by atoms with Gasteiger partial charge in [-0.3, -0.25) is 9.59 Å². The third-order valence-electron chi connectivity index (χ3n) is 8.36. The number of benzene rings is 1. The van der Waals surface area contributed by atoms with E-state index in [2.05, 4.69) is 16.0 Å². The quantitative estimate of drug-likeness (QED) is 0.148. The van der Waals surface area contributed by atoms with Crippen LogP contribution in [0.4, 0.5) is 9.59 Å². The molecule has 2 bridgehead atoms. The number of ether oxygens (including phenoxy) is 2. The van der Waals surface area contributed by atoms with Crippen LogP contribution >= 0.6 is 0 Å². The molecule has 4 rings (SSSR count). The number of carbonyl (C=O) groups is 4. The van der Waals surface area contributed by atoms with Gasteiger partial charge in [-0.15, -0.1) is 0 Å². The minimum absolute atomic E-state index is 0. The van der Waals surface area contributed by atoms with Crippen LogP contribution < -0.4 is 45.5 Å². The molecule has 0 aliphatic carbocycles. The molecule has 7 atom stereocenters. The van der Waals surface area contributed by atoms with E-state index in [1.807, 2.05) is 44.2 Å². The number of alkyl carbamates (subject to hydrolysis) is 1. The average Bonchev–Trinajstić information content (AvgIpc) is 3.49. The van der Waals surface area contributed by atoms with Gasteiger partial charge in [0.1, 0.15) is 28.9 Å². The number of amides is 4. The van der Waals surface area contributed by atoms with Crippen molar-refractivity contribution in [2.45, 2.75) is 101 Å². The number of nitrogens with zero attached hydrogens (tertiary/aromatic N) is 1. The number of rotatable bonds is 12. The first kappa shape index (κ1) is 37.0. The maximum absolute atomic E-state index is 13.3. The number of fused-ring (bicyclic) bond motifs is 2. The molecule has 3 fully saturated rings. The Kier molecular flexibility index (Phi) is 13.5. The third-order valence-corrected chi connectivity index (χ3v) is 9.28. The molecule has 14 nitrogen and oxygen atoms in total. The van der Waals surface area contributed by atoms with Gasteiger partial charge in [-0.1, -0.05) is 44.2 Å². The second-order valence-electron chi connectivity index (χ2n) is 12.2. The first-order chi connectivity index (χ1) is 20.8. The average molecular weight is 661 g/mol. The zero-order valence-corrected chi connectivity index (χ0v) is 28.7. The number of hydrogen-bond donors (Lipinski definition) is 4. The van der Waals surface area contributed by atoms with Crippen LogP contribution in [0.15, 0.2) is 30.3 Å². The molecule has 1 aromatic carbocycles. The van der Waals surface area contributed by atoms with E-state index < -0.39 is 57.8 Å². The summed E-state index contributed by atoms with van der Waals surface area (Å²) in [5.74, 6) is -1.98. The summed E-state index contributed by atoms with van der Waals surface area (Å²) in [5.41, 5.74) is -1.60. The number of aliphatic hydroxyl groups excluding tert-OH is 1. The maximum Gasteiger partial charge on any atom is 1.00 e. The summed E-state index contributed by atoms with van der Waals surface area (Å²) in [6.07, 6.45) is 0.755. The predicted octanol–water partition coefficient (Wildman–Crippen LogP) is -1.66. The van der Waals surface area contributed by atoms with Crippen molar-refractivity contribution in [1.29, 1.82) is 0 Å². The molecular formula is C29H41N4NaO10S. The molecule has 16 heteroatoms.